The zero-order valence-electron chi connectivity index (χ0n) is 16.2. The van der Waals surface area contributed by atoms with Crippen LogP contribution in [-0.2, 0) is 16.6 Å². The maximum absolute atomic E-state index is 13.4. The standard InChI is InChI=1S/C22H13Cl2N3O4S/c23-16-4-7-18(8-5-16)32(30,31)27-21(28)19-9-6-17(24)11-20(19)26(22(27)29)13-15-3-1-2-14(10-15)12-25/h1-11H,13H2. The van der Waals surface area contributed by atoms with Crippen LogP contribution in [0, 0.1) is 11.3 Å². The molecule has 7 nitrogen and oxygen atoms in total. The molecule has 0 saturated carbocycles. The van der Waals surface area contributed by atoms with Crippen molar-refractivity contribution in [2.45, 2.75) is 11.4 Å². The van der Waals surface area contributed by atoms with E-state index in [1.807, 2.05) is 6.07 Å². The van der Waals surface area contributed by atoms with E-state index < -0.39 is 21.3 Å². The van der Waals surface area contributed by atoms with Crippen molar-refractivity contribution in [2.75, 3.05) is 0 Å². The monoisotopic (exact) mass is 485 g/mol. The highest BCUT2D eigenvalue weighted by Gasteiger charge is 2.25. The number of nitriles is 1. The molecule has 0 atom stereocenters. The van der Waals surface area contributed by atoms with Gasteiger partial charge in [-0.1, -0.05) is 35.3 Å². The number of benzene rings is 3. The summed E-state index contributed by atoms with van der Waals surface area (Å²) in [6.45, 7) is -0.0817. The molecule has 4 aromatic rings. The topological polar surface area (TPSA) is 102 Å². The van der Waals surface area contributed by atoms with E-state index in [0.29, 0.717) is 16.1 Å². The van der Waals surface area contributed by atoms with Crippen LogP contribution in [0.4, 0.5) is 0 Å². The highest BCUT2D eigenvalue weighted by atomic mass is 35.5. The maximum atomic E-state index is 13.4. The predicted molar refractivity (Wildman–Crippen MR) is 122 cm³/mol. The van der Waals surface area contributed by atoms with Crippen molar-refractivity contribution < 1.29 is 8.42 Å². The maximum Gasteiger partial charge on any atom is 0.346 e. The van der Waals surface area contributed by atoms with E-state index in [4.69, 9.17) is 28.5 Å². The summed E-state index contributed by atoms with van der Waals surface area (Å²) in [4.78, 5) is 26.2. The molecule has 0 N–H and O–H groups in total. The van der Waals surface area contributed by atoms with E-state index in [-0.39, 0.29) is 31.3 Å². The smallest absolute Gasteiger partial charge is 0.288 e. The van der Waals surface area contributed by atoms with Crippen molar-refractivity contribution in [3.05, 3.63) is 109 Å². The predicted octanol–water partition coefficient (Wildman–Crippen LogP) is 3.63. The number of hydrogen-bond donors (Lipinski definition) is 0. The van der Waals surface area contributed by atoms with Crippen LogP contribution < -0.4 is 11.2 Å². The number of nitrogens with zero attached hydrogens (tertiary/aromatic N) is 3. The Morgan fingerprint density at radius 1 is 0.906 bits per heavy atom. The summed E-state index contributed by atoms with van der Waals surface area (Å²) >= 11 is 11.9. The van der Waals surface area contributed by atoms with Gasteiger partial charge < -0.3 is 0 Å². The summed E-state index contributed by atoms with van der Waals surface area (Å²) in [6.07, 6.45) is 0. The summed E-state index contributed by atoms with van der Waals surface area (Å²) in [5.41, 5.74) is -0.917. The van der Waals surface area contributed by atoms with Gasteiger partial charge in [-0.25, -0.2) is 13.2 Å². The second kappa shape index (κ2) is 8.28. The average Bonchev–Trinajstić information content (AvgIpc) is 2.77. The van der Waals surface area contributed by atoms with Gasteiger partial charge in [-0.3, -0.25) is 9.36 Å². The lowest BCUT2D eigenvalue weighted by Gasteiger charge is -2.15. The fourth-order valence-electron chi connectivity index (χ4n) is 3.32. The fourth-order valence-corrected chi connectivity index (χ4v) is 4.92. The minimum Gasteiger partial charge on any atom is -0.288 e. The minimum absolute atomic E-state index is 0.00276. The van der Waals surface area contributed by atoms with Gasteiger partial charge in [-0.05, 0) is 60.2 Å². The Kier molecular flexibility index (Phi) is 5.65. The third kappa shape index (κ3) is 3.82. The van der Waals surface area contributed by atoms with E-state index in [1.54, 1.807) is 24.3 Å². The molecule has 0 bridgehead atoms. The summed E-state index contributed by atoms with van der Waals surface area (Å²) < 4.78 is 27.9. The molecule has 3 aromatic carbocycles. The van der Waals surface area contributed by atoms with Crippen LogP contribution in [0.3, 0.4) is 0 Å². The molecule has 0 saturated heterocycles. The number of rotatable bonds is 4. The first-order valence-electron chi connectivity index (χ1n) is 9.17. The number of fused-ring (bicyclic) bond motifs is 1. The van der Waals surface area contributed by atoms with Gasteiger partial charge in [0, 0.05) is 10.0 Å². The fraction of sp³-hybridized carbons (Fsp3) is 0.0455. The molecule has 32 heavy (non-hydrogen) atoms. The highest BCUT2D eigenvalue weighted by molar-refractivity contribution is 7.90. The van der Waals surface area contributed by atoms with E-state index in [2.05, 4.69) is 0 Å². The number of halogens is 2. The Morgan fingerprint density at radius 2 is 1.59 bits per heavy atom. The van der Waals surface area contributed by atoms with Gasteiger partial charge in [0.25, 0.3) is 15.6 Å². The minimum atomic E-state index is -4.52. The Bertz CT molecular complexity index is 1630. The lowest BCUT2D eigenvalue weighted by molar-refractivity contribution is 0.577. The molecule has 1 heterocycles. The van der Waals surface area contributed by atoms with Crippen LogP contribution in [-0.4, -0.2) is 17.0 Å². The SMILES string of the molecule is N#Cc1cccc(Cn2c(=O)n(S(=O)(=O)c3ccc(Cl)cc3)c(=O)c3ccc(Cl)cc32)c1. The Hall–Kier alpha value is -3.38. The third-order valence-electron chi connectivity index (χ3n) is 4.82. The summed E-state index contributed by atoms with van der Waals surface area (Å²) in [5, 5.41) is 9.73. The van der Waals surface area contributed by atoms with Gasteiger partial charge in [0.15, 0.2) is 0 Å². The Morgan fingerprint density at radius 3 is 2.28 bits per heavy atom. The van der Waals surface area contributed by atoms with Crippen molar-refractivity contribution in [1.29, 1.82) is 5.26 Å². The van der Waals surface area contributed by atoms with Crippen molar-refractivity contribution in [2.24, 2.45) is 0 Å². The largest absolute Gasteiger partial charge is 0.346 e. The molecule has 0 radical (unpaired) electrons. The van der Waals surface area contributed by atoms with Crippen molar-refractivity contribution in [3.63, 3.8) is 0 Å². The third-order valence-corrected chi connectivity index (χ3v) is 6.98. The van der Waals surface area contributed by atoms with Gasteiger partial charge in [0.1, 0.15) is 0 Å². The van der Waals surface area contributed by atoms with Crippen LogP contribution in [0.15, 0.2) is 81.2 Å². The quantitative estimate of drug-likeness (QED) is 0.439. The van der Waals surface area contributed by atoms with E-state index in [9.17, 15) is 18.0 Å². The molecule has 10 heteroatoms. The van der Waals surface area contributed by atoms with Crippen molar-refractivity contribution in [1.82, 2.24) is 8.54 Å². The number of aromatic nitrogens is 2. The zero-order chi connectivity index (χ0) is 23.0. The van der Waals surface area contributed by atoms with Gasteiger partial charge in [0.2, 0.25) is 0 Å². The van der Waals surface area contributed by atoms with Crippen LogP contribution in [0.25, 0.3) is 10.9 Å². The molecule has 0 amide bonds. The Balaban J connectivity index is 2.04. The molecule has 0 spiro atoms. The molecule has 4 rings (SSSR count). The second-order valence-corrected chi connectivity index (χ2v) is 9.53. The van der Waals surface area contributed by atoms with Crippen LogP contribution in [0.2, 0.25) is 10.0 Å². The normalized spacial score (nSPS) is 11.4. The van der Waals surface area contributed by atoms with Crippen LogP contribution in [0.5, 0.6) is 0 Å². The molecular formula is C22H13Cl2N3O4S. The highest BCUT2D eigenvalue weighted by Crippen LogP contribution is 2.19. The molecule has 0 aliphatic rings. The molecule has 0 unspecified atom stereocenters. The average molecular weight is 486 g/mol. The first-order chi connectivity index (χ1) is 15.2. The van der Waals surface area contributed by atoms with E-state index >= 15 is 0 Å². The molecule has 0 aliphatic heterocycles. The molecule has 0 fully saturated rings. The van der Waals surface area contributed by atoms with Crippen molar-refractivity contribution in [3.8, 4) is 6.07 Å². The molecular weight excluding hydrogens is 473 g/mol. The lowest BCUT2D eigenvalue weighted by atomic mass is 10.1. The Labute approximate surface area is 192 Å². The molecule has 0 aliphatic carbocycles. The van der Waals surface area contributed by atoms with E-state index in [1.165, 1.54) is 42.5 Å². The first kappa shape index (κ1) is 21.8. The summed E-state index contributed by atoms with van der Waals surface area (Å²) in [6, 6.07) is 17.9. The summed E-state index contributed by atoms with van der Waals surface area (Å²) in [7, 11) is -4.52. The molecule has 1 aromatic heterocycles. The van der Waals surface area contributed by atoms with Gasteiger partial charge >= 0.3 is 5.69 Å². The summed E-state index contributed by atoms with van der Waals surface area (Å²) in [5.74, 6) is 0. The first-order valence-corrected chi connectivity index (χ1v) is 11.4. The van der Waals surface area contributed by atoms with E-state index in [0.717, 1.165) is 4.57 Å². The van der Waals surface area contributed by atoms with Gasteiger partial charge in [0.05, 0.1) is 34.0 Å². The zero-order valence-corrected chi connectivity index (χ0v) is 18.5. The second-order valence-electron chi connectivity index (χ2n) is 6.87. The number of hydrogen-bond acceptors (Lipinski definition) is 5. The van der Waals surface area contributed by atoms with Gasteiger partial charge in [-0.2, -0.15) is 5.26 Å². The lowest BCUT2D eigenvalue weighted by Crippen LogP contribution is -2.44. The van der Waals surface area contributed by atoms with Crippen LogP contribution >= 0.6 is 23.2 Å². The molecule has 160 valence electrons. The van der Waals surface area contributed by atoms with Gasteiger partial charge in [-0.15, -0.1) is 3.97 Å². The van der Waals surface area contributed by atoms with Crippen molar-refractivity contribution >= 4 is 44.1 Å². The van der Waals surface area contributed by atoms with Crippen LogP contribution in [0.1, 0.15) is 11.1 Å².